The number of nitrogens with zero attached hydrogens (tertiary/aromatic N) is 1. The summed E-state index contributed by atoms with van der Waals surface area (Å²) >= 11 is 2.24. The van der Waals surface area contributed by atoms with Gasteiger partial charge in [0, 0.05) is 23.2 Å². The first-order chi connectivity index (χ1) is 6.04. The summed E-state index contributed by atoms with van der Waals surface area (Å²) in [6.45, 7) is 1.97. The maximum Gasteiger partial charge on any atom is 0.253 e. The average molecular weight is 289 g/mol. The molecule has 0 bridgehead atoms. The summed E-state index contributed by atoms with van der Waals surface area (Å²) in [5.74, 6) is 0.0658. The molecule has 0 spiro atoms. The molecule has 3 heteroatoms. The van der Waals surface area contributed by atoms with Crippen molar-refractivity contribution in [3.8, 4) is 0 Å². The third kappa shape index (κ3) is 2.21. The number of carbonyl (C=O) groups is 1. The van der Waals surface area contributed by atoms with Crippen molar-refractivity contribution >= 4 is 28.5 Å². The van der Waals surface area contributed by atoms with Crippen LogP contribution in [0.25, 0.3) is 0 Å². The summed E-state index contributed by atoms with van der Waals surface area (Å²) in [7, 11) is 3.53. The fourth-order valence-corrected chi connectivity index (χ4v) is 1.58. The number of benzene rings is 1. The van der Waals surface area contributed by atoms with Gasteiger partial charge in [-0.2, -0.15) is 0 Å². The van der Waals surface area contributed by atoms with Gasteiger partial charge in [-0.15, -0.1) is 0 Å². The minimum Gasteiger partial charge on any atom is -0.345 e. The van der Waals surface area contributed by atoms with Gasteiger partial charge in [0.1, 0.15) is 0 Å². The van der Waals surface area contributed by atoms with Crippen molar-refractivity contribution in [2.45, 2.75) is 6.92 Å². The van der Waals surface area contributed by atoms with Crippen LogP contribution in [0.5, 0.6) is 0 Å². The second-order valence-corrected chi connectivity index (χ2v) is 4.27. The van der Waals surface area contributed by atoms with Gasteiger partial charge in [0.05, 0.1) is 0 Å². The molecule has 0 N–H and O–H groups in total. The molecule has 1 rings (SSSR count). The Balaban J connectivity index is 3.15. The van der Waals surface area contributed by atoms with Crippen LogP contribution in [-0.4, -0.2) is 24.9 Å². The van der Waals surface area contributed by atoms with E-state index in [2.05, 4.69) is 22.6 Å². The van der Waals surface area contributed by atoms with Crippen LogP contribution in [0.15, 0.2) is 18.2 Å². The van der Waals surface area contributed by atoms with Crippen LogP contribution in [0.3, 0.4) is 0 Å². The molecule has 70 valence electrons. The zero-order valence-corrected chi connectivity index (χ0v) is 10.1. The zero-order valence-electron chi connectivity index (χ0n) is 7.97. The van der Waals surface area contributed by atoms with E-state index in [9.17, 15) is 4.79 Å². The lowest BCUT2D eigenvalue weighted by Gasteiger charge is -2.12. The molecule has 0 fully saturated rings. The Hall–Kier alpha value is -0.580. The lowest BCUT2D eigenvalue weighted by Crippen LogP contribution is -2.22. The van der Waals surface area contributed by atoms with E-state index in [-0.39, 0.29) is 5.91 Å². The van der Waals surface area contributed by atoms with E-state index >= 15 is 0 Å². The van der Waals surface area contributed by atoms with Crippen LogP contribution >= 0.6 is 22.6 Å². The molecule has 2 nitrogen and oxygen atoms in total. The van der Waals surface area contributed by atoms with Gasteiger partial charge >= 0.3 is 0 Å². The van der Waals surface area contributed by atoms with E-state index < -0.39 is 0 Å². The Morgan fingerprint density at radius 1 is 1.38 bits per heavy atom. The molecular formula is C10H12INO. The Labute approximate surface area is 92.1 Å². The van der Waals surface area contributed by atoms with E-state index in [1.54, 1.807) is 19.0 Å². The molecule has 1 amide bonds. The Kier molecular flexibility index (Phi) is 3.30. The van der Waals surface area contributed by atoms with E-state index in [0.717, 1.165) is 14.7 Å². The Bertz CT molecular complexity index is 334. The molecule has 13 heavy (non-hydrogen) atoms. The predicted molar refractivity (Wildman–Crippen MR) is 61.9 cm³/mol. The fourth-order valence-electron chi connectivity index (χ4n) is 1.08. The highest BCUT2D eigenvalue weighted by atomic mass is 127. The van der Waals surface area contributed by atoms with Crippen LogP contribution in [-0.2, 0) is 0 Å². The topological polar surface area (TPSA) is 20.3 Å². The molecular weight excluding hydrogens is 277 g/mol. The van der Waals surface area contributed by atoms with Gasteiger partial charge in [-0.1, -0.05) is 6.07 Å². The highest BCUT2D eigenvalue weighted by molar-refractivity contribution is 14.1. The predicted octanol–water partition coefficient (Wildman–Crippen LogP) is 2.30. The second-order valence-electron chi connectivity index (χ2n) is 3.11. The van der Waals surface area contributed by atoms with E-state index in [1.807, 2.05) is 25.1 Å². The van der Waals surface area contributed by atoms with Gasteiger partial charge in [0.2, 0.25) is 0 Å². The zero-order chi connectivity index (χ0) is 10.0. The molecule has 0 saturated carbocycles. The number of rotatable bonds is 1. The molecule has 0 saturated heterocycles. The lowest BCUT2D eigenvalue weighted by atomic mass is 10.1. The Morgan fingerprint density at radius 3 is 2.54 bits per heavy atom. The first kappa shape index (κ1) is 10.5. The van der Waals surface area contributed by atoms with Gasteiger partial charge in [-0.3, -0.25) is 4.79 Å². The molecule has 0 aliphatic rings. The monoisotopic (exact) mass is 289 g/mol. The highest BCUT2D eigenvalue weighted by Gasteiger charge is 2.11. The van der Waals surface area contributed by atoms with Crippen molar-refractivity contribution in [2.75, 3.05) is 14.1 Å². The number of hydrogen-bond donors (Lipinski definition) is 0. The van der Waals surface area contributed by atoms with Gasteiger partial charge in [0.25, 0.3) is 5.91 Å². The molecule has 0 unspecified atom stereocenters. The van der Waals surface area contributed by atoms with Crippen molar-refractivity contribution in [3.05, 3.63) is 32.9 Å². The quantitative estimate of drug-likeness (QED) is 0.726. The molecule has 0 radical (unpaired) electrons. The molecule has 0 aromatic heterocycles. The summed E-state index contributed by atoms with van der Waals surface area (Å²) in [5.41, 5.74) is 1.85. The maximum absolute atomic E-state index is 11.6. The van der Waals surface area contributed by atoms with Crippen LogP contribution in [0, 0.1) is 10.5 Å². The SMILES string of the molecule is Cc1c(I)cccc1C(=O)N(C)C. The number of hydrogen-bond acceptors (Lipinski definition) is 1. The first-order valence-electron chi connectivity index (χ1n) is 4.01. The van der Waals surface area contributed by atoms with Crippen molar-refractivity contribution < 1.29 is 4.79 Å². The summed E-state index contributed by atoms with van der Waals surface area (Å²) in [6.07, 6.45) is 0. The highest BCUT2D eigenvalue weighted by Crippen LogP contribution is 2.16. The number of carbonyl (C=O) groups excluding carboxylic acids is 1. The first-order valence-corrected chi connectivity index (χ1v) is 5.08. The fraction of sp³-hybridized carbons (Fsp3) is 0.300. The van der Waals surface area contributed by atoms with Crippen LogP contribution < -0.4 is 0 Å². The van der Waals surface area contributed by atoms with Crippen molar-refractivity contribution in [3.63, 3.8) is 0 Å². The van der Waals surface area contributed by atoms with Gasteiger partial charge in [-0.05, 0) is 47.2 Å². The van der Waals surface area contributed by atoms with Gasteiger partial charge in [-0.25, -0.2) is 0 Å². The third-order valence-corrected chi connectivity index (χ3v) is 3.07. The molecule has 0 heterocycles. The smallest absolute Gasteiger partial charge is 0.253 e. The standard InChI is InChI=1S/C10H12INO/c1-7-8(10(13)12(2)3)5-4-6-9(7)11/h4-6H,1-3H3. The van der Waals surface area contributed by atoms with Gasteiger partial charge < -0.3 is 4.90 Å². The molecule has 0 atom stereocenters. The van der Waals surface area contributed by atoms with E-state index in [0.29, 0.717) is 0 Å². The third-order valence-electron chi connectivity index (χ3n) is 1.90. The summed E-state index contributed by atoms with van der Waals surface area (Å²) in [5, 5.41) is 0. The number of halogens is 1. The van der Waals surface area contributed by atoms with Crippen molar-refractivity contribution in [1.82, 2.24) is 4.90 Å². The van der Waals surface area contributed by atoms with Crippen LogP contribution in [0.1, 0.15) is 15.9 Å². The maximum atomic E-state index is 11.6. The summed E-state index contributed by atoms with van der Waals surface area (Å²) in [6, 6.07) is 5.77. The van der Waals surface area contributed by atoms with E-state index in [1.165, 1.54) is 0 Å². The summed E-state index contributed by atoms with van der Waals surface area (Å²) in [4.78, 5) is 13.2. The average Bonchev–Trinajstić information content (AvgIpc) is 2.08. The van der Waals surface area contributed by atoms with Gasteiger partial charge in [0.15, 0.2) is 0 Å². The largest absolute Gasteiger partial charge is 0.345 e. The molecule has 0 aliphatic heterocycles. The number of amides is 1. The minimum absolute atomic E-state index is 0.0658. The minimum atomic E-state index is 0.0658. The molecule has 1 aromatic rings. The van der Waals surface area contributed by atoms with Crippen LogP contribution in [0.4, 0.5) is 0 Å². The lowest BCUT2D eigenvalue weighted by molar-refractivity contribution is 0.0827. The normalized spacial score (nSPS) is 9.85. The van der Waals surface area contributed by atoms with Crippen molar-refractivity contribution in [1.29, 1.82) is 0 Å². The summed E-state index contributed by atoms with van der Waals surface area (Å²) < 4.78 is 1.13. The second kappa shape index (κ2) is 4.09. The van der Waals surface area contributed by atoms with Crippen molar-refractivity contribution in [2.24, 2.45) is 0 Å². The molecule has 1 aromatic carbocycles. The molecule has 0 aliphatic carbocycles. The van der Waals surface area contributed by atoms with E-state index in [4.69, 9.17) is 0 Å². The van der Waals surface area contributed by atoms with Crippen LogP contribution in [0.2, 0.25) is 0 Å². The Morgan fingerprint density at radius 2 is 2.00 bits per heavy atom.